The summed E-state index contributed by atoms with van der Waals surface area (Å²) in [6, 6.07) is 0. The highest BCUT2D eigenvalue weighted by Crippen LogP contribution is 2.23. The summed E-state index contributed by atoms with van der Waals surface area (Å²) in [4.78, 5) is 25.6. The fourth-order valence-corrected chi connectivity index (χ4v) is 2.58. The molecule has 2 rings (SSSR count). The van der Waals surface area contributed by atoms with E-state index < -0.39 is 30.9 Å². The number of alkyl halides is 3. The van der Waals surface area contributed by atoms with Crippen LogP contribution in [0.15, 0.2) is 0 Å². The summed E-state index contributed by atoms with van der Waals surface area (Å²) in [5.41, 5.74) is 0. The van der Waals surface area contributed by atoms with Crippen LogP contribution in [-0.2, 0) is 14.3 Å². The minimum Gasteiger partial charge on any atom is -0.479 e. The second-order valence-electron chi connectivity index (χ2n) is 5.25. The molecular weight excluding hydrogens is 293 g/mol. The number of ether oxygens (including phenoxy) is 1. The van der Waals surface area contributed by atoms with Crippen LogP contribution in [0.25, 0.3) is 0 Å². The zero-order valence-corrected chi connectivity index (χ0v) is 11.3. The number of aliphatic carboxylic acids is 1. The first kappa shape index (κ1) is 16.0. The van der Waals surface area contributed by atoms with E-state index in [1.165, 1.54) is 9.80 Å². The molecule has 0 radical (unpaired) electrons. The van der Waals surface area contributed by atoms with Gasteiger partial charge in [-0.1, -0.05) is 0 Å². The lowest BCUT2D eigenvalue weighted by Crippen LogP contribution is -2.53. The Morgan fingerprint density at radius 3 is 2.14 bits per heavy atom. The largest absolute Gasteiger partial charge is 0.479 e. The molecule has 0 spiro atoms. The summed E-state index contributed by atoms with van der Waals surface area (Å²) in [6.45, 7) is -0.268. The molecular formula is C12H17F3N2O4. The number of nitrogens with zero attached hydrogens (tertiary/aromatic N) is 2. The van der Waals surface area contributed by atoms with Crippen molar-refractivity contribution in [3.05, 3.63) is 0 Å². The van der Waals surface area contributed by atoms with Gasteiger partial charge in [0.15, 0.2) is 6.10 Å². The van der Waals surface area contributed by atoms with E-state index in [1.807, 2.05) is 0 Å². The van der Waals surface area contributed by atoms with Crippen LogP contribution in [0.5, 0.6) is 0 Å². The summed E-state index contributed by atoms with van der Waals surface area (Å²) < 4.78 is 41.9. The van der Waals surface area contributed by atoms with Crippen LogP contribution in [0.3, 0.4) is 0 Å². The molecule has 9 heteroatoms. The number of halogens is 3. The van der Waals surface area contributed by atoms with Gasteiger partial charge in [0, 0.05) is 26.2 Å². The van der Waals surface area contributed by atoms with Crippen LogP contribution >= 0.6 is 0 Å². The molecule has 2 saturated heterocycles. The van der Waals surface area contributed by atoms with Crippen molar-refractivity contribution >= 4 is 11.9 Å². The SMILES string of the molecule is O=C(O)[C@H]1CC[C@@H](C(=O)N2CCN(CC(F)(F)F)CC2)O1. The Balaban J connectivity index is 1.80. The van der Waals surface area contributed by atoms with E-state index in [9.17, 15) is 22.8 Å². The molecule has 1 amide bonds. The van der Waals surface area contributed by atoms with Gasteiger partial charge in [-0.15, -0.1) is 0 Å². The predicted octanol–water partition coefficient (Wildman–Crippen LogP) is 0.325. The predicted molar refractivity (Wildman–Crippen MR) is 64.6 cm³/mol. The van der Waals surface area contributed by atoms with E-state index in [4.69, 9.17) is 9.84 Å². The maximum atomic E-state index is 12.3. The molecule has 2 heterocycles. The third kappa shape index (κ3) is 4.31. The summed E-state index contributed by atoms with van der Waals surface area (Å²) in [6.07, 6.45) is -5.39. The molecule has 2 atom stereocenters. The summed E-state index contributed by atoms with van der Waals surface area (Å²) in [7, 11) is 0. The average Bonchev–Trinajstić information content (AvgIpc) is 2.86. The highest BCUT2D eigenvalue weighted by atomic mass is 19.4. The van der Waals surface area contributed by atoms with Crippen LogP contribution in [0.1, 0.15) is 12.8 Å². The number of hydrogen-bond acceptors (Lipinski definition) is 4. The normalized spacial score (nSPS) is 27.9. The zero-order valence-electron chi connectivity index (χ0n) is 11.3. The Hall–Kier alpha value is -1.35. The topological polar surface area (TPSA) is 70.1 Å². The van der Waals surface area contributed by atoms with Gasteiger partial charge >= 0.3 is 12.1 Å². The molecule has 0 aromatic rings. The lowest BCUT2D eigenvalue weighted by atomic mass is 10.1. The summed E-state index contributed by atoms with van der Waals surface area (Å²) in [5, 5.41) is 8.80. The molecule has 0 aromatic heterocycles. The number of carbonyl (C=O) groups excluding carboxylic acids is 1. The number of rotatable bonds is 3. The van der Waals surface area contributed by atoms with Crippen LogP contribution < -0.4 is 0 Å². The van der Waals surface area contributed by atoms with Gasteiger partial charge in [0.1, 0.15) is 6.10 Å². The van der Waals surface area contributed by atoms with Gasteiger partial charge in [-0.2, -0.15) is 13.2 Å². The summed E-state index contributed by atoms with van der Waals surface area (Å²) in [5.74, 6) is -1.43. The van der Waals surface area contributed by atoms with Gasteiger partial charge in [-0.3, -0.25) is 9.69 Å². The minimum absolute atomic E-state index is 0.153. The van der Waals surface area contributed by atoms with Crippen molar-refractivity contribution in [2.24, 2.45) is 0 Å². The highest BCUT2D eigenvalue weighted by Gasteiger charge is 2.38. The van der Waals surface area contributed by atoms with Crippen LogP contribution in [0.2, 0.25) is 0 Å². The molecule has 2 aliphatic heterocycles. The fraction of sp³-hybridized carbons (Fsp3) is 0.833. The second kappa shape index (κ2) is 6.18. The Labute approximate surface area is 119 Å². The van der Waals surface area contributed by atoms with Crippen molar-refractivity contribution in [1.82, 2.24) is 9.80 Å². The molecule has 1 N–H and O–H groups in total. The van der Waals surface area contributed by atoms with Gasteiger partial charge < -0.3 is 14.7 Å². The number of hydrogen-bond donors (Lipinski definition) is 1. The van der Waals surface area contributed by atoms with E-state index in [0.717, 1.165) is 0 Å². The Bertz CT molecular complexity index is 408. The van der Waals surface area contributed by atoms with Crippen LogP contribution in [-0.4, -0.2) is 77.9 Å². The fourth-order valence-electron chi connectivity index (χ4n) is 2.58. The third-order valence-electron chi connectivity index (χ3n) is 3.66. The van der Waals surface area contributed by atoms with E-state index in [0.29, 0.717) is 6.42 Å². The standard InChI is InChI=1S/C12H17F3N2O4/c13-12(14,15)7-16-3-5-17(6-4-16)10(18)8-1-2-9(21-8)11(19)20/h8-9H,1-7H2,(H,19,20)/t8-,9+/m0/s1. The number of carboxylic acid groups (broad SMARTS) is 1. The second-order valence-corrected chi connectivity index (χ2v) is 5.25. The first-order valence-electron chi connectivity index (χ1n) is 6.72. The Morgan fingerprint density at radius 1 is 1.10 bits per heavy atom. The minimum atomic E-state index is -4.24. The van der Waals surface area contributed by atoms with Gasteiger partial charge in [0.25, 0.3) is 5.91 Å². The average molecular weight is 310 g/mol. The zero-order chi connectivity index (χ0) is 15.6. The van der Waals surface area contributed by atoms with Crippen molar-refractivity contribution in [3.63, 3.8) is 0 Å². The van der Waals surface area contributed by atoms with Crippen molar-refractivity contribution in [2.75, 3.05) is 32.7 Å². The number of piperazine rings is 1. The lowest BCUT2D eigenvalue weighted by Gasteiger charge is -2.35. The maximum Gasteiger partial charge on any atom is 0.401 e. The van der Waals surface area contributed by atoms with Crippen molar-refractivity contribution < 1.29 is 32.6 Å². The van der Waals surface area contributed by atoms with E-state index in [2.05, 4.69) is 0 Å². The Kier molecular flexibility index (Phi) is 4.72. The van der Waals surface area contributed by atoms with E-state index in [1.54, 1.807) is 0 Å². The summed E-state index contributed by atoms with van der Waals surface area (Å²) >= 11 is 0. The van der Waals surface area contributed by atoms with Gasteiger partial charge in [-0.05, 0) is 12.8 Å². The molecule has 6 nitrogen and oxygen atoms in total. The molecule has 2 fully saturated rings. The number of carboxylic acids is 1. The quantitative estimate of drug-likeness (QED) is 0.813. The van der Waals surface area contributed by atoms with Crippen molar-refractivity contribution in [2.45, 2.75) is 31.2 Å². The third-order valence-corrected chi connectivity index (χ3v) is 3.66. The molecule has 0 aliphatic carbocycles. The molecule has 120 valence electrons. The maximum absolute atomic E-state index is 12.3. The first-order valence-corrected chi connectivity index (χ1v) is 6.72. The Morgan fingerprint density at radius 2 is 1.67 bits per heavy atom. The molecule has 21 heavy (non-hydrogen) atoms. The van der Waals surface area contributed by atoms with Crippen LogP contribution in [0.4, 0.5) is 13.2 Å². The molecule has 0 bridgehead atoms. The van der Waals surface area contributed by atoms with Crippen molar-refractivity contribution in [1.29, 1.82) is 0 Å². The monoisotopic (exact) mass is 310 g/mol. The smallest absolute Gasteiger partial charge is 0.401 e. The number of amides is 1. The van der Waals surface area contributed by atoms with E-state index in [-0.39, 0.29) is 38.5 Å². The van der Waals surface area contributed by atoms with Gasteiger partial charge in [-0.25, -0.2) is 4.79 Å². The van der Waals surface area contributed by atoms with E-state index >= 15 is 0 Å². The molecule has 0 aromatic carbocycles. The molecule has 0 unspecified atom stereocenters. The molecule has 0 saturated carbocycles. The molecule has 2 aliphatic rings. The lowest BCUT2D eigenvalue weighted by molar-refractivity contribution is -0.158. The van der Waals surface area contributed by atoms with Gasteiger partial charge in [0.05, 0.1) is 6.54 Å². The first-order chi connectivity index (χ1) is 9.76. The number of carbonyl (C=O) groups is 2. The van der Waals surface area contributed by atoms with Gasteiger partial charge in [0.2, 0.25) is 0 Å². The highest BCUT2D eigenvalue weighted by molar-refractivity contribution is 5.82. The van der Waals surface area contributed by atoms with Crippen molar-refractivity contribution in [3.8, 4) is 0 Å². The van der Waals surface area contributed by atoms with Crippen LogP contribution in [0, 0.1) is 0 Å².